The molecule has 3 rings (SSSR count). The molecule has 1 aromatic carbocycles. The molecular formula is C18H26N4O5. The van der Waals surface area contributed by atoms with Gasteiger partial charge in [-0.05, 0) is 19.4 Å². The number of nitro benzene ring substituents is 1. The minimum absolute atomic E-state index is 0.0119. The van der Waals surface area contributed by atoms with E-state index < -0.39 is 4.92 Å². The van der Waals surface area contributed by atoms with Gasteiger partial charge in [-0.15, -0.1) is 0 Å². The number of hydrogen-bond donors (Lipinski definition) is 2. The third kappa shape index (κ3) is 4.94. The summed E-state index contributed by atoms with van der Waals surface area (Å²) in [5.41, 5.74) is 0.863. The Kier molecular flexibility index (Phi) is 6.59. The zero-order valence-corrected chi connectivity index (χ0v) is 15.5. The molecule has 2 aliphatic heterocycles. The summed E-state index contributed by atoms with van der Waals surface area (Å²) in [6, 6.07) is 4.47. The molecule has 2 fully saturated rings. The molecule has 2 saturated heterocycles. The summed E-state index contributed by atoms with van der Waals surface area (Å²) in [6.45, 7) is 6.66. The summed E-state index contributed by atoms with van der Waals surface area (Å²) in [5, 5.41) is 16.7. The van der Waals surface area contributed by atoms with Crippen LogP contribution in [0.3, 0.4) is 0 Å². The molecule has 2 aliphatic rings. The molecule has 2 amide bonds. The van der Waals surface area contributed by atoms with Gasteiger partial charge in [0.2, 0.25) is 0 Å². The Morgan fingerprint density at radius 1 is 1.33 bits per heavy atom. The summed E-state index contributed by atoms with van der Waals surface area (Å²) >= 11 is 0. The molecule has 0 unspecified atom stereocenters. The maximum Gasteiger partial charge on any atom is 0.319 e. The predicted molar refractivity (Wildman–Crippen MR) is 100.0 cm³/mol. The highest BCUT2D eigenvalue weighted by Crippen LogP contribution is 2.25. The van der Waals surface area contributed by atoms with Gasteiger partial charge in [-0.1, -0.05) is 6.07 Å². The van der Waals surface area contributed by atoms with E-state index in [0.29, 0.717) is 43.5 Å². The second kappa shape index (κ2) is 9.12. The van der Waals surface area contributed by atoms with Crippen molar-refractivity contribution in [2.24, 2.45) is 5.92 Å². The SMILES string of the molecule is Cc1c(NC(=O)NC[C@H]([C@H]2CCOC2)N2CCOCC2)cccc1[N+](=O)[O-]. The number of ether oxygens (including phenoxy) is 2. The number of anilines is 1. The van der Waals surface area contributed by atoms with Gasteiger partial charge in [0.25, 0.3) is 5.69 Å². The van der Waals surface area contributed by atoms with Crippen LogP contribution in [-0.4, -0.2) is 68.0 Å². The lowest BCUT2D eigenvalue weighted by molar-refractivity contribution is -0.385. The van der Waals surface area contributed by atoms with Gasteiger partial charge in [-0.25, -0.2) is 4.79 Å². The van der Waals surface area contributed by atoms with E-state index in [2.05, 4.69) is 15.5 Å². The topological polar surface area (TPSA) is 106 Å². The first-order chi connectivity index (χ1) is 13.1. The Bertz CT molecular complexity index is 672. The van der Waals surface area contributed by atoms with Gasteiger partial charge in [0.05, 0.1) is 36.0 Å². The second-order valence-electron chi connectivity index (χ2n) is 6.88. The molecule has 0 aromatic heterocycles. The van der Waals surface area contributed by atoms with Crippen LogP contribution >= 0.6 is 0 Å². The minimum atomic E-state index is -0.451. The van der Waals surface area contributed by atoms with Gasteiger partial charge in [0.15, 0.2) is 0 Å². The van der Waals surface area contributed by atoms with Gasteiger partial charge in [-0.3, -0.25) is 15.0 Å². The smallest absolute Gasteiger partial charge is 0.319 e. The zero-order chi connectivity index (χ0) is 19.2. The Hall–Kier alpha value is -2.23. The van der Waals surface area contributed by atoms with Crippen molar-refractivity contribution in [1.82, 2.24) is 10.2 Å². The van der Waals surface area contributed by atoms with Crippen LogP contribution in [0.4, 0.5) is 16.2 Å². The monoisotopic (exact) mass is 378 g/mol. The van der Waals surface area contributed by atoms with Crippen LogP contribution in [-0.2, 0) is 9.47 Å². The maximum absolute atomic E-state index is 12.4. The van der Waals surface area contributed by atoms with E-state index in [1.54, 1.807) is 19.1 Å². The fourth-order valence-electron chi connectivity index (χ4n) is 3.68. The molecule has 2 atom stereocenters. The number of urea groups is 1. The van der Waals surface area contributed by atoms with Crippen molar-refractivity contribution >= 4 is 17.4 Å². The van der Waals surface area contributed by atoms with E-state index in [-0.39, 0.29) is 17.8 Å². The minimum Gasteiger partial charge on any atom is -0.381 e. The number of benzene rings is 1. The average Bonchev–Trinajstić information content (AvgIpc) is 3.19. The molecule has 148 valence electrons. The molecule has 1 aromatic rings. The van der Waals surface area contributed by atoms with Crippen molar-refractivity contribution in [3.8, 4) is 0 Å². The van der Waals surface area contributed by atoms with E-state index in [0.717, 1.165) is 26.1 Å². The van der Waals surface area contributed by atoms with E-state index in [4.69, 9.17) is 9.47 Å². The zero-order valence-electron chi connectivity index (χ0n) is 15.5. The van der Waals surface area contributed by atoms with Gasteiger partial charge in [0.1, 0.15) is 0 Å². The van der Waals surface area contributed by atoms with Crippen molar-refractivity contribution < 1.29 is 19.2 Å². The van der Waals surface area contributed by atoms with Gasteiger partial charge in [-0.2, -0.15) is 0 Å². The van der Waals surface area contributed by atoms with E-state index in [1.165, 1.54) is 6.07 Å². The largest absolute Gasteiger partial charge is 0.381 e. The molecule has 2 heterocycles. The number of nitrogens with one attached hydrogen (secondary N) is 2. The summed E-state index contributed by atoms with van der Waals surface area (Å²) in [5.74, 6) is 0.378. The van der Waals surface area contributed by atoms with Gasteiger partial charge < -0.3 is 20.1 Å². The number of carbonyl (C=O) groups excluding carboxylic acids is 1. The molecular weight excluding hydrogens is 352 g/mol. The molecule has 9 nitrogen and oxygen atoms in total. The first-order valence-electron chi connectivity index (χ1n) is 9.24. The summed E-state index contributed by atoms with van der Waals surface area (Å²) in [6.07, 6.45) is 0.981. The Morgan fingerprint density at radius 3 is 2.78 bits per heavy atom. The van der Waals surface area contributed by atoms with E-state index in [9.17, 15) is 14.9 Å². The lowest BCUT2D eigenvalue weighted by atomic mass is 9.97. The molecule has 0 saturated carbocycles. The number of carbonyl (C=O) groups is 1. The van der Waals surface area contributed by atoms with Crippen molar-refractivity contribution in [2.45, 2.75) is 19.4 Å². The number of nitrogens with zero attached hydrogens (tertiary/aromatic N) is 2. The summed E-state index contributed by atoms with van der Waals surface area (Å²) in [4.78, 5) is 25.3. The third-order valence-electron chi connectivity index (χ3n) is 5.25. The standard InChI is InChI=1S/C18H26N4O5/c1-13-15(3-2-4-16(13)22(24)25)20-18(23)19-11-17(14-5-8-27-12-14)21-6-9-26-10-7-21/h2-4,14,17H,5-12H2,1H3,(H2,19,20,23)/t14-,17+/m0/s1. The van der Waals surface area contributed by atoms with Crippen molar-refractivity contribution in [1.29, 1.82) is 0 Å². The van der Waals surface area contributed by atoms with E-state index >= 15 is 0 Å². The Morgan fingerprint density at radius 2 is 2.11 bits per heavy atom. The molecule has 0 radical (unpaired) electrons. The molecule has 27 heavy (non-hydrogen) atoms. The van der Waals surface area contributed by atoms with Crippen molar-refractivity contribution in [3.63, 3.8) is 0 Å². The summed E-state index contributed by atoms with van der Waals surface area (Å²) < 4.78 is 11.0. The van der Waals surface area contributed by atoms with Crippen molar-refractivity contribution in [2.75, 3.05) is 51.4 Å². The number of amides is 2. The lowest BCUT2D eigenvalue weighted by Crippen LogP contribution is -2.52. The van der Waals surface area contributed by atoms with Crippen LogP contribution < -0.4 is 10.6 Å². The first-order valence-corrected chi connectivity index (χ1v) is 9.24. The maximum atomic E-state index is 12.4. The molecule has 2 N–H and O–H groups in total. The van der Waals surface area contributed by atoms with Crippen molar-refractivity contribution in [3.05, 3.63) is 33.9 Å². The highest BCUT2D eigenvalue weighted by Gasteiger charge is 2.31. The molecule has 0 aliphatic carbocycles. The number of rotatable bonds is 6. The van der Waals surface area contributed by atoms with E-state index in [1.807, 2.05) is 0 Å². The van der Waals surface area contributed by atoms with Crippen LogP contribution in [0.5, 0.6) is 0 Å². The lowest BCUT2D eigenvalue weighted by Gasteiger charge is -2.37. The number of morpholine rings is 1. The Labute approximate surface area is 158 Å². The highest BCUT2D eigenvalue weighted by molar-refractivity contribution is 5.90. The van der Waals surface area contributed by atoms with Crippen LogP contribution in [0, 0.1) is 23.0 Å². The number of nitro groups is 1. The predicted octanol–water partition coefficient (Wildman–Crippen LogP) is 1.76. The molecule has 0 bridgehead atoms. The first kappa shape index (κ1) is 19.5. The normalized spacial score (nSPS) is 21.6. The van der Waals surface area contributed by atoms with Crippen LogP contribution in [0.25, 0.3) is 0 Å². The quantitative estimate of drug-likeness (QED) is 0.577. The highest BCUT2D eigenvalue weighted by atomic mass is 16.6. The Balaban J connectivity index is 1.60. The number of hydrogen-bond acceptors (Lipinski definition) is 6. The third-order valence-corrected chi connectivity index (χ3v) is 5.25. The fourth-order valence-corrected chi connectivity index (χ4v) is 3.68. The van der Waals surface area contributed by atoms with Crippen LogP contribution in [0.1, 0.15) is 12.0 Å². The van der Waals surface area contributed by atoms with Crippen LogP contribution in [0.15, 0.2) is 18.2 Å². The average molecular weight is 378 g/mol. The second-order valence-corrected chi connectivity index (χ2v) is 6.88. The van der Waals surface area contributed by atoms with Gasteiger partial charge >= 0.3 is 6.03 Å². The molecule has 9 heteroatoms. The van der Waals surface area contributed by atoms with Crippen LogP contribution in [0.2, 0.25) is 0 Å². The molecule has 0 spiro atoms. The summed E-state index contributed by atoms with van der Waals surface area (Å²) in [7, 11) is 0. The fraction of sp³-hybridized carbons (Fsp3) is 0.611. The van der Waals surface area contributed by atoms with Gasteiger partial charge in [0, 0.05) is 44.3 Å².